The Hall–Kier alpha value is -1.11. The van der Waals surface area contributed by atoms with Crippen molar-refractivity contribution in [2.75, 3.05) is 11.9 Å². The third kappa shape index (κ3) is 4.78. The van der Waals surface area contributed by atoms with E-state index in [-0.39, 0.29) is 43.2 Å². The van der Waals surface area contributed by atoms with Gasteiger partial charge in [-0.05, 0) is 12.1 Å². The van der Waals surface area contributed by atoms with Crippen LogP contribution in [0.5, 0.6) is 0 Å². The van der Waals surface area contributed by atoms with Gasteiger partial charge in [-0.1, -0.05) is 0 Å². The second-order valence-electron chi connectivity index (χ2n) is 2.55. The van der Waals surface area contributed by atoms with E-state index in [0.29, 0.717) is 5.69 Å². The number of nitro groups is 1. The monoisotopic (exact) mass is 220 g/mol. The summed E-state index contributed by atoms with van der Waals surface area (Å²) in [6.07, 6.45) is 0. The number of non-ortho nitro benzene ring substituents is 1. The molecule has 0 spiro atoms. The van der Waals surface area contributed by atoms with Crippen LogP contribution in [0.25, 0.3) is 0 Å². The molecule has 0 fully saturated rings. The molecule has 0 aliphatic rings. The molecule has 1 aromatic rings. The van der Waals surface area contributed by atoms with E-state index in [9.17, 15) is 14.9 Å². The van der Waals surface area contributed by atoms with Gasteiger partial charge in [-0.25, -0.2) is 0 Å². The molecule has 1 aromatic carbocycles. The van der Waals surface area contributed by atoms with E-state index >= 15 is 0 Å². The Balaban J connectivity index is 0. The van der Waals surface area contributed by atoms with Crippen LogP contribution in [0.1, 0.15) is 1.43 Å². The third-order valence-corrected chi connectivity index (χ3v) is 1.52. The van der Waals surface area contributed by atoms with Crippen LogP contribution < -0.4 is 34.9 Å². The number of nitrogens with one attached hydrogen (secondary N) is 1. The van der Waals surface area contributed by atoms with Gasteiger partial charge in [-0.15, -0.1) is 0 Å². The zero-order chi connectivity index (χ0) is 10.6. The predicted octanol–water partition coefficient (Wildman–Crippen LogP) is -1.79. The van der Waals surface area contributed by atoms with Gasteiger partial charge in [0.25, 0.3) is 5.69 Å². The quantitative estimate of drug-likeness (QED) is 0.355. The molecule has 2 N–H and O–H groups in total. The molecule has 0 unspecified atom stereocenters. The zero-order valence-electron chi connectivity index (χ0n) is 9.14. The summed E-state index contributed by atoms with van der Waals surface area (Å²) >= 11 is 0. The summed E-state index contributed by atoms with van der Waals surface area (Å²) in [4.78, 5) is 19.9. The molecular weight excluding hydrogens is 211 g/mol. The molecule has 7 heteroatoms. The molecule has 0 saturated carbocycles. The number of hydrogen-bond donors (Lipinski definition) is 2. The standard InChI is InChI=1S/C8H8N2O4.Na.H/c11-8(12)5-9-6-1-3-7(4-2-6)10(13)14;;/h1-4,9H,5H2,(H,11,12);;/q;+1;-1. The molecule has 1 rings (SSSR count). The second kappa shape index (κ2) is 6.39. The average Bonchev–Trinajstić information content (AvgIpc) is 2.15. The molecule has 0 aliphatic heterocycles. The van der Waals surface area contributed by atoms with Crippen LogP contribution in [-0.4, -0.2) is 22.5 Å². The minimum atomic E-state index is -0.983. The number of anilines is 1. The summed E-state index contributed by atoms with van der Waals surface area (Å²) in [6.45, 7) is -0.211. The van der Waals surface area contributed by atoms with Crippen LogP contribution >= 0.6 is 0 Å². The molecule has 0 bridgehead atoms. The van der Waals surface area contributed by atoms with Gasteiger partial charge in [0.15, 0.2) is 0 Å². The summed E-state index contributed by atoms with van der Waals surface area (Å²) in [5.74, 6) is -0.983. The van der Waals surface area contributed by atoms with Gasteiger partial charge in [0.05, 0.1) is 4.92 Å². The fraction of sp³-hybridized carbons (Fsp3) is 0.125. The van der Waals surface area contributed by atoms with Crippen LogP contribution in [0.2, 0.25) is 0 Å². The Morgan fingerprint density at radius 1 is 1.47 bits per heavy atom. The van der Waals surface area contributed by atoms with Crippen LogP contribution in [-0.2, 0) is 4.79 Å². The molecule has 0 atom stereocenters. The molecule has 0 saturated heterocycles. The van der Waals surface area contributed by atoms with Crippen LogP contribution in [0.4, 0.5) is 11.4 Å². The molecule has 6 nitrogen and oxygen atoms in total. The van der Waals surface area contributed by atoms with Crippen molar-refractivity contribution in [3.05, 3.63) is 34.4 Å². The van der Waals surface area contributed by atoms with E-state index in [1.165, 1.54) is 24.3 Å². The van der Waals surface area contributed by atoms with E-state index in [1.54, 1.807) is 0 Å². The number of hydrogen-bond acceptors (Lipinski definition) is 4. The van der Waals surface area contributed by atoms with Gasteiger partial charge in [0.2, 0.25) is 0 Å². The minimum Gasteiger partial charge on any atom is -1.00 e. The molecule has 0 aromatic heterocycles. The Morgan fingerprint density at radius 3 is 2.40 bits per heavy atom. The minimum absolute atomic E-state index is 0. The summed E-state index contributed by atoms with van der Waals surface area (Å²) in [5.41, 5.74) is 0.517. The van der Waals surface area contributed by atoms with Gasteiger partial charge in [0, 0.05) is 17.8 Å². The van der Waals surface area contributed by atoms with E-state index in [2.05, 4.69) is 5.32 Å². The number of carboxylic acid groups (broad SMARTS) is 1. The molecular formula is C8H9N2NaO4. The summed E-state index contributed by atoms with van der Waals surface area (Å²) < 4.78 is 0. The Bertz CT molecular complexity index is 358. The van der Waals surface area contributed by atoms with Crippen LogP contribution in [0.15, 0.2) is 24.3 Å². The first-order valence-corrected chi connectivity index (χ1v) is 3.79. The van der Waals surface area contributed by atoms with E-state index < -0.39 is 10.9 Å². The van der Waals surface area contributed by atoms with Crippen molar-refractivity contribution in [1.29, 1.82) is 0 Å². The van der Waals surface area contributed by atoms with Crippen molar-refractivity contribution >= 4 is 17.3 Å². The maximum Gasteiger partial charge on any atom is 1.00 e. The van der Waals surface area contributed by atoms with Gasteiger partial charge in [-0.3, -0.25) is 14.9 Å². The van der Waals surface area contributed by atoms with Crippen molar-refractivity contribution in [3.63, 3.8) is 0 Å². The second-order valence-corrected chi connectivity index (χ2v) is 2.55. The van der Waals surface area contributed by atoms with Crippen molar-refractivity contribution in [2.24, 2.45) is 0 Å². The van der Waals surface area contributed by atoms with Gasteiger partial charge in [-0.2, -0.15) is 0 Å². The Kier molecular flexibility index (Phi) is 5.92. The molecule has 0 aliphatic carbocycles. The Morgan fingerprint density at radius 2 is 2.00 bits per heavy atom. The van der Waals surface area contributed by atoms with Crippen LogP contribution in [0, 0.1) is 10.1 Å². The first-order valence-electron chi connectivity index (χ1n) is 3.79. The smallest absolute Gasteiger partial charge is 1.00 e. The van der Waals surface area contributed by atoms with Gasteiger partial charge >= 0.3 is 35.5 Å². The molecule has 0 heterocycles. The van der Waals surface area contributed by atoms with E-state index in [0.717, 1.165) is 0 Å². The number of rotatable bonds is 4. The fourth-order valence-corrected chi connectivity index (χ4v) is 0.879. The van der Waals surface area contributed by atoms with Crippen molar-refractivity contribution in [1.82, 2.24) is 0 Å². The number of carbonyl (C=O) groups is 1. The molecule has 0 amide bonds. The van der Waals surface area contributed by atoms with Crippen molar-refractivity contribution < 1.29 is 45.8 Å². The normalized spacial score (nSPS) is 8.80. The van der Waals surface area contributed by atoms with Crippen molar-refractivity contribution in [3.8, 4) is 0 Å². The number of nitro benzene ring substituents is 1. The maximum atomic E-state index is 10.3. The zero-order valence-corrected chi connectivity index (χ0v) is 10.1. The van der Waals surface area contributed by atoms with Crippen molar-refractivity contribution in [2.45, 2.75) is 0 Å². The van der Waals surface area contributed by atoms with E-state index in [4.69, 9.17) is 5.11 Å². The topological polar surface area (TPSA) is 92.5 Å². The average molecular weight is 220 g/mol. The Labute approximate surface area is 109 Å². The number of benzene rings is 1. The molecule has 0 radical (unpaired) electrons. The summed E-state index contributed by atoms with van der Waals surface area (Å²) in [7, 11) is 0. The number of nitrogens with zero attached hydrogens (tertiary/aromatic N) is 1. The fourth-order valence-electron chi connectivity index (χ4n) is 0.879. The third-order valence-electron chi connectivity index (χ3n) is 1.52. The predicted molar refractivity (Wildman–Crippen MR) is 50.3 cm³/mol. The summed E-state index contributed by atoms with van der Waals surface area (Å²) in [6, 6.07) is 5.54. The number of aliphatic carboxylic acids is 1. The van der Waals surface area contributed by atoms with E-state index in [1.807, 2.05) is 0 Å². The SMILES string of the molecule is O=C(O)CNc1ccc([N+](=O)[O-])cc1.[H-].[Na+]. The molecule has 76 valence electrons. The molecule has 15 heavy (non-hydrogen) atoms. The van der Waals surface area contributed by atoms with Crippen LogP contribution in [0.3, 0.4) is 0 Å². The van der Waals surface area contributed by atoms with Gasteiger partial charge < -0.3 is 11.8 Å². The maximum absolute atomic E-state index is 10.3. The van der Waals surface area contributed by atoms with Gasteiger partial charge in [0.1, 0.15) is 6.54 Å². The summed E-state index contributed by atoms with van der Waals surface area (Å²) in [5, 5.41) is 21.2. The largest absolute Gasteiger partial charge is 1.00 e. The first-order chi connectivity index (χ1) is 6.59. The number of carboxylic acids is 1. The first kappa shape index (κ1) is 13.9.